The number of anilines is 1. The normalized spacial score (nSPS) is 14.4. The van der Waals surface area contributed by atoms with Gasteiger partial charge in [0, 0.05) is 12.2 Å². The van der Waals surface area contributed by atoms with Crippen molar-refractivity contribution in [3.63, 3.8) is 0 Å². The van der Waals surface area contributed by atoms with Crippen molar-refractivity contribution in [1.82, 2.24) is 4.98 Å². The van der Waals surface area contributed by atoms with Gasteiger partial charge in [-0.15, -0.1) is 0 Å². The summed E-state index contributed by atoms with van der Waals surface area (Å²) < 4.78 is 0. The maximum atomic E-state index is 9.44. The zero-order chi connectivity index (χ0) is 13.9. The van der Waals surface area contributed by atoms with Crippen LogP contribution in [0.15, 0.2) is 36.5 Å². The number of pyridine rings is 1. The van der Waals surface area contributed by atoms with Gasteiger partial charge in [-0.2, -0.15) is 5.26 Å². The summed E-state index contributed by atoms with van der Waals surface area (Å²) in [4.78, 5) is 4.45. The molecule has 1 atom stereocenters. The van der Waals surface area contributed by atoms with Crippen LogP contribution in [-0.4, -0.2) is 4.98 Å². The lowest BCUT2D eigenvalue weighted by Gasteiger charge is -2.17. The minimum atomic E-state index is 0.134. The molecular formula is C17H17N3. The summed E-state index contributed by atoms with van der Waals surface area (Å²) >= 11 is 0. The second-order valence-corrected chi connectivity index (χ2v) is 5.23. The van der Waals surface area contributed by atoms with Crippen molar-refractivity contribution in [3.8, 4) is 6.07 Å². The number of hydrogen-bond acceptors (Lipinski definition) is 3. The highest BCUT2D eigenvalue weighted by Crippen LogP contribution is 2.29. The van der Waals surface area contributed by atoms with Gasteiger partial charge in [0.05, 0.1) is 5.56 Å². The van der Waals surface area contributed by atoms with Crippen molar-refractivity contribution in [1.29, 1.82) is 5.26 Å². The van der Waals surface area contributed by atoms with Crippen molar-refractivity contribution in [2.75, 3.05) is 5.32 Å². The lowest BCUT2D eigenvalue weighted by Crippen LogP contribution is -2.10. The lowest BCUT2D eigenvalue weighted by molar-refractivity contribution is 0.872. The standard InChI is InChI=1S/C17H17N3/c1-12(13-6-3-2-4-7-13)20-17-16(10-18)15-9-5-8-14(15)11-19-17/h2-4,6-7,11-12H,5,8-9H2,1H3,(H,19,20)/t12-/m1/s1. The van der Waals surface area contributed by atoms with E-state index < -0.39 is 0 Å². The molecule has 3 nitrogen and oxygen atoms in total. The van der Waals surface area contributed by atoms with Crippen LogP contribution >= 0.6 is 0 Å². The molecule has 0 saturated carbocycles. The molecule has 100 valence electrons. The summed E-state index contributed by atoms with van der Waals surface area (Å²) in [6.45, 7) is 2.09. The van der Waals surface area contributed by atoms with Crippen molar-refractivity contribution < 1.29 is 0 Å². The highest BCUT2D eigenvalue weighted by Gasteiger charge is 2.19. The molecule has 0 spiro atoms. The first-order valence-electron chi connectivity index (χ1n) is 7.02. The van der Waals surface area contributed by atoms with Gasteiger partial charge in [0.1, 0.15) is 11.9 Å². The Balaban J connectivity index is 1.90. The fraction of sp³-hybridized carbons (Fsp3) is 0.294. The van der Waals surface area contributed by atoms with Crippen LogP contribution in [0.1, 0.15) is 41.6 Å². The molecule has 1 aliphatic carbocycles. The molecule has 0 aliphatic heterocycles. The molecule has 1 aromatic carbocycles. The predicted octanol–water partition coefficient (Wildman–Crippen LogP) is 3.62. The smallest absolute Gasteiger partial charge is 0.144 e. The number of nitriles is 1. The Morgan fingerprint density at radius 3 is 2.80 bits per heavy atom. The SMILES string of the molecule is C[C@@H](Nc1ncc2c(c1C#N)CCC2)c1ccccc1. The maximum absolute atomic E-state index is 9.44. The summed E-state index contributed by atoms with van der Waals surface area (Å²) in [7, 11) is 0. The Hall–Kier alpha value is -2.34. The Kier molecular flexibility index (Phi) is 3.39. The number of aromatic nitrogens is 1. The van der Waals surface area contributed by atoms with Gasteiger partial charge in [0.15, 0.2) is 0 Å². The summed E-state index contributed by atoms with van der Waals surface area (Å²) in [6.07, 6.45) is 5.09. The van der Waals surface area contributed by atoms with E-state index >= 15 is 0 Å². The summed E-state index contributed by atoms with van der Waals surface area (Å²) in [5, 5.41) is 12.8. The third-order valence-electron chi connectivity index (χ3n) is 3.91. The molecule has 0 radical (unpaired) electrons. The number of nitrogens with one attached hydrogen (secondary N) is 1. The molecule has 1 aromatic heterocycles. The number of benzene rings is 1. The van der Waals surface area contributed by atoms with E-state index in [1.165, 1.54) is 16.7 Å². The Labute approximate surface area is 119 Å². The van der Waals surface area contributed by atoms with E-state index in [0.29, 0.717) is 5.82 Å². The summed E-state index contributed by atoms with van der Waals surface area (Å²) in [5.74, 6) is 0.713. The first-order chi connectivity index (χ1) is 9.79. The molecule has 20 heavy (non-hydrogen) atoms. The van der Waals surface area contributed by atoms with Crippen molar-refractivity contribution >= 4 is 5.82 Å². The van der Waals surface area contributed by atoms with Crippen LogP contribution < -0.4 is 5.32 Å². The lowest BCUT2D eigenvalue weighted by atomic mass is 10.1. The van der Waals surface area contributed by atoms with Crippen LogP contribution in [0.4, 0.5) is 5.82 Å². The Bertz CT molecular complexity index is 656. The molecule has 0 amide bonds. The summed E-state index contributed by atoms with van der Waals surface area (Å²) in [6, 6.07) is 12.7. The van der Waals surface area contributed by atoms with Gasteiger partial charge in [0.25, 0.3) is 0 Å². The van der Waals surface area contributed by atoms with E-state index in [9.17, 15) is 5.26 Å². The average Bonchev–Trinajstić information content (AvgIpc) is 2.96. The monoisotopic (exact) mass is 263 g/mol. The van der Waals surface area contributed by atoms with Gasteiger partial charge in [0.2, 0.25) is 0 Å². The maximum Gasteiger partial charge on any atom is 0.144 e. The molecule has 3 rings (SSSR count). The van der Waals surface area contributed by atoms with Crippen LogP contribution in [0.25, 0.3) is 0 Å². The van der Waals surface area contributed by atoms with Crippen molar-refractivity contribution in [3.05, 3.63) is 58.8 Å². The largest absolute Gasteiger partial charge is 0.362 e. The zero-order valence-electron chi connectivity index (χ0n) is 11.6. The molecule has 0 bridgehead atoms. The Morgan fingerprint density at radius 1 is 1.25 bits per heavy atom. The molecule has 0 saturated heterocycles. The van der Waals surface area contributed by atoms with E-state index in [1.807, 2.05) is 24.4 Å². The van der Waals surface area contributed by atoms with Crippen LogP contribution in [0.5, 0.6) is 0 Å². The molecule has 3 heteroatoms. The number of fused-ring (bicyclic) bond motifs is 1. The minimum absolute atomic E-state index is 0.134. The van der Waals surface area contributed by atoms with E-state index in [4.69, 9.17) is 0 Å². The number of aryl methyl sites for hydroxylation is 1. The number of hydrogen-bond donors (Lipinski definition) is 1. The highest BCUT2D eigenvalue weighted by molar-refractivity contribution is 5.59. The van der Waals surface area contributed by atoms with E-state index in [0.717, 1.165) is 24.8 Å². The molecule has 0 fully saturated rings. The fourth-order valence-electron chi connectivity index (χ4n) is 2.81. The molecule has 2 aromatic rings. The molecule has 1 N–H and O–H groups in total. The Morgan fingerprint density at radius 2 is 2.05 bits per heavy atom. The van der Waals surface area contributed by atoms with Gasteiger partial charge >= 0.3 is 0 Å². The molecule has 1 heterocycles. The topological polar surface area (TPSA) is 48.7 Å². The molecule has 1 aliphatic rings. The van der Waals surface area contributed by atoms with Gasteiger partial charge in [-0.25, -0.2) is 4.98 Å². The average molecular weight is 263 g/mol. The van der Waals surface area contributed by atoms with E-state index in [-0.39, 0.29) is 6.04 Å². The van der Waals surface area contributed by atoms with Crippen LogP contribution in [-0.2, 0) is 12.8 Å². The quantitative estimate of drug-likeness (QED) is 0.920. The second kappa shape index (κ2) is 5.34. The predicted molar refractivity (Wildman–Crippen MR) is 79.5 cm³/mol. The second-order valence-electron chi connectivity index (χ2n) is 5.23. The summed E-state index contributed by atoms with van der Waals surface area (Å²) in [5.41, 5.74) is 4.34. The van der Waals surface area contributed by atoms with Crippen LogP contribution in [0, 0.1) is 11.3 Å². The number of nitrogens with zero attached hydrogens (tertiary/aromatic N) is 2. The van der Waals surface area contributed by atoms with Gasteiger partial charge in [-0.1, -0.05) is 30.3 Å². The van der Waals surface area contributed by atoms with Gasteiger partial charge in [-0.05, 0) is 42.9 Å². The minimum Gasteiger partial charge on any atom is -0.362 e. The van der Waals surface area contributed by atoms with Crippen molar-refractivity contribution in [2.24, 2.45) is 0 Å². The van der Waals surface area contributed by atoms with Gasteiger partial charge in [-0.3, -0.25) is 0 Å². The first kappa shape index (κ1) is 12.7. The van der Waals surface area contributed by atoms with E-state index in [2.05, 4.69) is 35.4 Å². The highest BCUT2D eigenvalue weighted by atomic mass is 15.0. The first-order valence-corrected chi connectivity index (χ1v) is 7.02. The number of rotatable bonds is 3. The van der Waals surface area contributed by atoms with Crippen molar-refractivity contribution in [2.45, 2.75) is 32.2 Å². The van der Waals surface area contributed by atoms with E-state index in [1.54, 1.807) is 0 Å². The van der Waals surface area contributed by atoms with Crippen LogP contribution in [0.2, 0.25) is 0 Å². The molecule has 0 unspecified atom stereocenters. The van der Waals surface area contributed by atoms with Gasteiger partial charge < -0.3 is 5.32 Å². The zero-order valence-corrected chi connectivity index (χ0v) is 11.6. The van der Waals surface area contributed by atoms with Crippen LogP contribution in [0.3, 0.4) is 0 Å². The fourth-order valence-corrected chi connectivity index (χ4v) is 2.81. The third-order valence-corrected chi connectivity index (χ3v) is 3.91. The third kappa shape index (κ3) is 2.25. The molecular weight excluding hydrogens is 246 g/mol.